The van der Waals surface area contributed by atoms with Gasteiger partial charge in [0.1, 0.15) is 11.6 Å². The molecule has 0 spiro atoms. The molecule has 1 aliphatic heterocycles. The molecule has 2 aromatic carbocycles. The highest BCUT2D eigenvalue weighted by atomic mass is 19.1. The average molecular weight is 363 g/mol. The SMILES string of the molecule is O=C(c1cccc(F)c1)N1CCC(Cn2ccnc2-c2ccccc2)CC1. The normalized spacial score (nSPS) is 15.1. The Morgan fingerprint density at radius 3 is 2.59 bits per heavy atom. The second-order valence-electron chi connectivity index (χ2n) is 7.02. The molecular weight excluding hydrogens is 341 g/mol. The van der Waals surface area contributed by atoms with Gasteiger partial charge in [0.25, 0.3) is 5.91 Å². The van der Waals surface area contributed by atoms with Gasteiger partial charge in [-0.2, -0.15) is 0 Å². The first-order valence-electron chi connectivity index (χ1n) is 9.32. The van der Waals surface area contributed by atoms with Crippen molar-refractivity contribution in [2.24, 2.45) is 5.92 Å². The summed E-state index contributed by atoms with van der Waals surface area (Å²) in [7, 11) is 0. The van der Waals surface area contributed by atoms with Gasteiger partial charge < -0.3 is 9.47 Å². The summed E-state index contributed by atoms with van der Waals surface area (Å²) in [5, 5.41) is 0. The van der Waals surface area contributed by atoms with Gasteiger partial charge in [-0.1, -0.05) is 36.4 Å². The van der Waals surface area contributed by atoms with Crippen molar-refractivity contribution in [3.63, 3.8) is 0 Å². The lowest BCUT2D eigenvalue weighted by atomic mass is 9.96. The molecule has 1 saturated heterocycles. The maximum atomic E-state index is 13.4. The molecule has 1 aliphatic rings. The summed E-state index contributed by atoms with van der Waals surface area (Å²) in [5.41, 5.74) is 1.54. The molecule has 1 fully saturated rings. The van der Waals surface area contributed by atoms with E-state index in [0.717, 1.165) is 30.8 Å². The van der Waals surface area contributed by atoms with Crippen LogP contribution in [0.4, 0.5) is 4.39 Å². The number of amides is 1. The molecule has 0 aliphatic carbocycles. The van der Waals surface area contributed by atoms with E-state index in [0.29, 0.717) is 24.6 Å². The predicted molar refractivity (Wildman–Crippen MR) is 103 cm³/mol. The fourth-order valence-corrected chi connectivity index (χ4v) is 3.70. The van der Waals surface area contributed by atoms with Gasteiger partial charge in [-0.15, -0.1) is 0 Å². The van der Waals surface area contributed by atoms with Gasteiger partial charge in [0.15, 0.2) is 0 Å². The number of hydrogen-bond acceptors (Lipinski definition) is 2. The molecule has 0 unspecified atom stereocenters. The monoisotopic (exact) mass is 363 g/mol. The van der Waals surface area contributed by atoms with Crippen molar-refractivity contribution in [2.75, 3.05) is 13.1 Å². The van der Waals surface area contributed by atoms with Crippen LogP contribution in [0.3, 0.4) is 0 Å². The van der Waals surface area contributed by atoms with Crippen molar-refractivity contribution in [3.8, 4) is 11.4 Å². The summed E-state index contributed by atoms with van der Waals surface area (Å²) in [6.07, 6.45) is 5.73. The lowest BCUT2D eigenvalue weighted by Crippen LogP contribution is -2.39. The van der Waals surface area contributed by atoms with Crippen molar-refractivity contribution in [3.05, 3.63) is 78.4 Å². The highest BCUT2D eigenvalue weighted by Gasteiger charge is 2.24. The number of benzene rings is 2. The number of carbonyl (C=O) groups is 1. The fraction of sp³-hybridized carbons (Fsp3) is 0.273. The number of carbonyl (C=O) groups excluding carboxylic acids is 1. The second-order valence-corrected chi connectivity index (χ2v) is 7.02. The standard InChI is InChI=1S/C22H22FN3O/c23-20-8-4-7-19(15-20)22(27)25-12-9-17(10-13-25)16-26-14-11-24-21(26)18-5-2-1-3-6-18/h1-8,11,14-15,17H,9-10,12-13,16H2. The molecule has 0 bridgehead atoms. The van der Waals surface area contributed by atoms with E-state index in [2.05, 4.69) is 21.7 Å². The van der Waals surface area contributed by atoms with Crippen LogP contribution >= 0.6 is 0 Å². The maximum Gasteiger partial charge on any atom is 0.253 e. The zero-order chi connectivity index (χ0) is 18.6. The van der Waals surface area contributed by atoms with Crippen LogP contribution in [0.25, 0.3) is 11.4 Å². The van der Waals surface area contributed by atoms with E-state index < -0.39 is 0 Å². The minimum absolute atomic E-state index is 0.0828. The van der Waals surface area contributed by atoms with Gasteiger partial charge in [-0.25, -0.2) is 9.37 Å². The lowest BCUT2D eigenvalue weighted by molar-refractivity contribution is 0.0682. The third-order valence-corrected chi connectivity index (χ3v) is 5.18. The molecule has 4 rings (SSSR count). The van der Waals surface area contributed by atoms with E-state index in [9.17, 15) is 9.18 Å². The van der Waals surface area contributed by atoms with E-state index >= 15 is 0 Å². The summed E-state index contributed by atoms with van der Waals surface area (Å²) < 4.78 is 15.6. The number of imidazole rings is 1. The predicted octanol–water partition coefficient (Wildman–Crippen LogP) is 4.24. The van der Waals surface area contributed by atoms with Gasteiger partial charge in [0.2, 0.25) is 0 Å². The minimum atomic E-state index is -0.371. The Hall–Kier alpha value is -2.95. The Bertz CT molecular complexity index is 914. The molecule has 0 N–H and O–H groups in total. The molecule has 5 heteroatoms. The lowest BCUT2D eigenvalue weighted by Gasteiger charge is -2.32. The summed E-state index contributed by atoms with van der Waals surface area (Å²) >= 11 is 0. The smallest absolute Gasteiger partial charge is 0.253 e. The van der Waals surface area contributed by atoms with Gasteiger partial charge in [-0.05, 0) is 37.0 Å². The van der Waals surface area contributed by atoms with Crippen LogP contribution in [0, 0.1) is 11.7 Å². The fourth-order valence-electron chi connectivity index (χ4n) is 3.70. The summed E-state index contributed by atoms with van der Waals surface area (Å²) in [6.45, 7) is 2.30. The Morgan fingerprint density at radius 1 is 1.07 bits per heavy atom. The molecule has 0 radical (unpaired) electrons. The van der Waals surface area contributed by atoms with E-state index in [-0.39, 0.29) is 11.7 Å². The van der Waals surface area contributed by atoms with E-state index in [4.69, 9.17) is 0 Å². The third-order valence-electron chi connectivity index (χ3n) is 5.18. The van der Waals surface area contributed by atoms with E-state index in [1.54, 1.807) is 12.1 Å². The zero-order valence-corrected chi connectivity index (χ0v) is 15.1. The van der Waals surface area contributed by atoms with Crippen molar-refractivity contribution in [2.45, 2.75) is 19.4 Å². The van der Waals surface area contributed by atoms with Gasteiger partial charge in [0, 0.05) is 43.2 Å². The minimum Gasteiger partial charge on any atom is -0.339 e. The largest absolute Gasteiger partial charge is 0.339 e. The summed E-state index contributed by atoms with van der Waals surface area (Å²) in [6, 6.07) is 16.1. The average Bonchev–Trinajstić information content (AvgIpc) is 3.17. The number of rotatable bonds is 4. The number of aromatic nitrogens is 2. The Morgan fingerprint density at radius 2 is 1.85 bits per heavy atom. The van der Waals surface area contributed by atoms with Crippen molar-refractivity contribution >= 4 is 5.91 Å². The zero-order valence-electron chi connectivity index (χ0n) is 15.1. The first-order valence-corrected chi connectivity index (χ1v) is 9.32. The molecule has 138 valence electrons. The van der Waals surface area contributed by atoms with E-state index in [1.165, 1.54) is 12.1 Å². The molecule has 1 amide bonds. The Balaban J connectivity index is 1.38. The molecule has 3 aromatic rings. The molecule has 2 heterocycles. The van der Waals surface area contributed by atoms with E-state index in [1.807, 2.05) is 35.5 Å². The highest BCUT2D eigenvalue weighted by molar-refractivity contribution is 5.94. The van der Waals surface area contributed by atoms with Crippen molar-refractivity contribution in [1.82, 2.24) is 14.5 Å². The van der Waals surface area contributed by atoms with Gasteiger partial charge in [-0.3, -0.25) is 4.79 Å². The van der Waals surface area contributed by atoms with Crippen molar-refractivity contribution < 1.29 is 9.18 Å². The second kappa shape index (κ2) is 7.74. The van der Waals surface area contributed by atoms with Gasteiger partial charge >= 0.3 is 0 Å². The summed E-state index contributed by atoms with van der Waals surface area (Å²) in [5.74, 6) is 1.02. The van der Waals surface area contributed by atoms with Crippen LogP contribution in [0.1, 0.15) is 23.2 Å². The molecule has 4 nitrogen and oxygen atoms in total. The van der Waals surface area contributed by atoms with Crippen LogP contribution in [-0.2, 0) is 6.54 Å². The Kier molecular flexibility index (Phi) is 5.01. The van der Waals surface area contributed by atoms with Crippen LogP contribution in [0.5, 0.6) is 0 Å². The number of piperidine rings is 1. The number of likely N-dealkylation sites (tertiary alicyclic amines) is 1. The molecule has 0 atom stereocenters. The van der Waals surface area contributed by atoms with Crippen LogP contribution < -0.4 is 0 Å². The van der Waals surface area contributed by atoms with Crippen LogP contribution in [-0.4, -0.2) is 33.4 Å². The third kappa shape index (κ3) is 3.92. The highest BCUT2D eigenvalue weighted by Crippen LogP contribution is 2.24. The quantitative estimate of drug-likeness (QED) is 0.695. The molecule has 0 saturated carbocycles. The molecular formula is C22H22FN3O. The number of nitrogens with zero attached hydrogens (tertiary/aromatic N) is 3. The number of halogens is 1. The van der Waals surface area contributed by atoms with Crippen LogP contribution in [0.15, 0.2) is 67.0 Å². The first-order chi connectivity index (χ1) is 13.2. The van der Waals surface area contributed by atoms with Crippen LogP contribution in [0.2, 0.25) is 0 Å². The van der Waals surface area contributed by atoms with Crippen molar-refractivity contribution in [1.29, 1.82) is 0 Å². The Labute approximate surface area is 158 Å². The number of hydrogen-bond donors (Lipinski definition) is 0. The maximum absolute atomic E-state index is 13.4. The molecule has 1 aromatic heterocycles. The first kappa shape index (κ1) is 17.5. The summed E-state index contributed by atoms with van der Waals surface area (Å²) in [4.78, 5) is 18.9. The van der Waals surface area contributed by atoms with Gasteiger partial charge in [0.05, 0.1) is 0 Å². The molecule has 27 heavy (non-hydrogen) atoms. The topological polar surface area (TPSA) is 38.1 Å².